The standard InChI is InChI=1S/C18H22N2O3/c1-18(2,3)15-10-16(20-23-15)19-17(21)13-6-8-14(9-7-13)22-11-12-4-5-12/h6-10,12H,4-5,11H2,1-3H3,(H,19,20,21). The summed E-state index contributed by atoms with van der Waals surface area (Å²) in [5, 5.41) is 6.64. The maximum absolute atomic E-state index is 12.2. The van der Waals surface area contributed by atoms with Gasteiger partial charge in [0.15, 0.2) is 5.82 Å². The zero-order valence-electron chi connectivity index (χ0n) is 13.8. The topological polar surface area (TPSA) is 64.4 Å². The van der Waals surface area contributed by atoms with Crippen molar-refractivity contribution < 1.29 is 14.1 Å². The fraction of sp³-hybridized carbons (Fsp3) is 0.444. The quantitative estimate of drug-likeness (QED) is 0.905. The van der Waals surface area contributed by atoms with E-state index in [1.807, 2.05) is 32.9 Å². The van der Waals surface area contributed by atoms with Crippen LogP contribution in [0.4, 0.5) is 5.82 Å². The third kappa shape index (κ3) is 4.12. The van der Waals surface area contributed by atoms with E-state index in [2.05, 4.69) is 10.5 Å². The largest absolute Gasteiger partial charge is 0.493 e. The number of amides is 1. The molecular formula is C18H22N2O3. The molecule has 1 N–H and O–H groups in total. The molecule has 0 unspecified atom stereocenters. The molecule has 122 valence electrons. The maximum Gasteiger partial charge on any atom is 0.256 e. The molecule has 0 aliphatic heterocycles. The summed E-state index contributed by atoms with van der Waals surface area (Å²) in [5.74, 6) is 2.45. The maximum atomic E-state index is 12.2. The highest BCUT2D eigenvalue weighted by Gasteiger charge is 2.22. The number of hydrogen-bond acceptors (Lipinski definition) is 4. The molecular weight excluding hydrogens is 292 g/mol. The predicted molar refractivity (Wildman–Crippen MR) is 87.8 cm³/mol. The number of carbonyl (C=O) groups excluding carboxylic acids is 1. The average Bonchev–Trinajstić information content (AvgIpc) is 3.21. The third-order valence-electron chi connectivity index (χ3n) is 3.79. The van der Waals surface area contributed by atoms with Crippen molar-refractivity contribution in [3.8, 4) is 5.75 Å². The van der Waals surface area contributed by atoms with Gasteiger partial charge in [0.2, 0.25) is 0 Å². The van der Waals surface area contributed by atoms with Gasteiger partial charge in [0, 0.05) is 17.0 Å². The first-order valence-electron chi connectivity index (χ1n) is 7.93. The number of ether oxygens (including phenoxy) is 1. The lowest BCUT2D eigenvalue weighted by atomic mass is 9.93. The van der Waals surface area contributed by atoms with Crippen molar-refractivity contribution >= 4 is 11.7 Å². The second kappa shape index (κ2) is 6.07. The van der Waals surface area contributed by atoms with Crippen LogP contribution in [0, 0.1) is 5.92 Å². The van der Waals surface area contributed by atoms with Gasteiger partial charge in [0.25, 0.3) is 5.91 Å². The van der Waals surface area contributed by atoms with Crippen LogP contribution in [0.5, 0.6) is 5.75 Å². The summed E-state index contributed by atoms with van der Waals surface area (Å²) in [6, 6.07) is 8.90. The van der Waals surface area contributed by atoms with Crippen molar-refractivity contribution in [2.45, 2.75) is 39.0 Å². The minimum atomic E-state index is -0.215. The van der Waals surface area contributed by atoms with E-state index in [1.54, 1.807) is 18.2 Å². The van der Waals surface area contributed by atoms with Crippen molar-refractivity contribution in [2.24, 2.45) is 5.92 Å². The Labute approximate surface area is 136 Å². The molecule has 1 aliphatic rings. The number of benzene rings is 1. The number of rotatable bonds is 5. The average molecular weight is 314 g/mol. The Morgan fingerprint density at radius 2 is 2.00 bits per heavy atom. The normalized spacial score (nSPS) is 14.6. The summed E-state index contributed by atoms with van der Waals surface area (Å²) in [5.41, 5.74) is 0.417. The zero-order valence-corrected chi connectivity index (χ0v) is 13.8. The van der Waals surface area contributed by atoms with Gasteiger partial charge in [-0.25, -0.2) is 0 Å². The Morgan fingerprint density at radius 3 is 2.57 bits per heavy atom. The lowest BCUT2D eigenvalue weighted by Gasteiger charge is -2.12. The van der Waals surface area contributed by atoms with E-state index in [4.69, 9.17) is 9.26 Å². The fourth-order valence-corrected chi connectivity index (χ4v) is 2.08. The lowest BCUT2D eigenvalue weighted by Crippen LogP contribution is -2.12. The van der Waals surface area contributed by atoms with Crippen LogP contribution in [-0.2, 0) is 5.41 Å². The van der Waals surface area contributed by atoms with Crippen molar-refractivity contribution in [1.82, 2.24) is 5.16 Å². The molecule has 0 spiro atoms. The molecule has 0 bridgehead atoms. The highest BCUT2D eigenvalue weighted by Crippen LogP contribution is 2.29. The number of nitrogens with zero attached hydrogens (tertiary/aromatic N) is 1. The summed E-state index contributed by atoms with van der Waals surface area (Å²) in [6.45, 7) is 6.85. The molecule has 0 atom stereocenters. The Hall–Kier alpha value is -2.30. The first kappa shape index (κ1) is 15.6. The lowest BCUT2D eigenvalue weighted by molar-refractivity contribution is 0.102. The van der Waals surface area contributed by atoms with Crippen molar-refractivity contribution in [3.63, 3.8) is 0 Å². The Kier molecular flexibility index (Phi) is 4.11. The van der Waals surface area contributed by atoms with E-state index >= 15 is 0 Å². The van der Waals surface area contributed by atoms with E-state index in [9.17, 15) is 4.79 Å². The molecule has 1 aliphatic carbocycles. The van der Waals surface area contributed by atoms with Gasteiger partial charge < -0.3 is 14.6 Å². The molecule has 3 rings (SSSR count). The highest BCUT2D eigenvalue weighted by molar-refractivity contribution is 6.03. The molecule has 1 amide bonds. The van der Waals surface area contributed by atoms with Gasteiger partial charge in [-0.15, -0.1) is 0 Å². The smallest absolute Gasteiger partial charge is 0.256 e. The second-order valence-electron chi connectivity index (χ2n) is 7.06. The van der Waals surface area contributed by atoms with E-state index < -0.39 is 0 Å². The van der Waals surface area contributed by atoms with E-state index in [0.29, 0.717) is 17.3 Å². The predicted octanol–water partition coefficient (Wildman–Crippen LogP) is 4.01. The van der Waals surface area contributed by atoms with Crippen LogP contribution < -0.4 is 10.1 Å². The zero-order chi connectivity index (χ0) is 16.4. The molecule has 1 heterocycles. The number of hydrogen-bond donors (Lipinski definition) is 1. The van der Waals surface area contributed by atoms with Crippen molar-refractivity contribution in [1.29, 1.82) is 0 Å². The van der Waals surface area contributed by atoms with E-state index in [0.717, 1.165) is 18.1 Å². The molecule has 1 saturated carbocycles. The summed E-state index contributed by atoms with van der Waals surface area (Å²) in [6.07, 6.45) is 2.52. The Balaban J connectivity index is 1.59. The summed E-state index contributed by atoms with van der Waals surface area (Å²) in [7, 11) is 0. The van der Waals surface area contributed by atoms with Crippen LogP contribution >= 0.6 is 0 Å². The van der Waals surface area contributed by atoms with Crippen LogP contribution in [0.15, 0.2) is 34.9 Å². The van der Waals surface area contributed by atoms with Crippen LogP contribution in [0.25, 0.3) is 0 Å². The molecule has 1 fully saturated rings. The molecule has 23 heavy (non-hydrogen) atoms. The Morgan fingerprint density at radius 1 is 1.30 bits per heavy atom. The minimum absolute atomic E-state index is 0.142. The van der Waals surface area contributed by atoms with Gasteiger partial charge in [-0.3, -0.25) is 4.79 Å². The second-order valence-corrected chi connectivity index (χ2v) is 7.06. The van der Waals surface area contributed by atoms with Gasteiger partial charge in [-0.1, -0.05) is 25.9 Å². The SMILES string of the molecule is CC(C)(C)c1cc(NC(=O)c2ccc(OCC3CC3)cc2)no1. The Bertz CT molecular complexity index is 679. The monoisotopic (exact) mass is 314 g/mol. The van der Waals surface area contributed by atoms with Gasteiger partial charge in [-0.2, -0.15) is 0 Å². The molecule has 1 aromatic carbocycles. The molecule has 0 radical (unpaired) electrons. The van der Waals surface area contributed by atoms with E-state index in [-0.39, 0.29) is 11.3 Å². The molecule has 0 saturated heterocycles. The number of anilines is 1. The fourth-order valence-electron chi connectivity index (χ4n) is 2.08. The molecule has 5 nitrogen and oxygen atoms in total. The summed E-state index contributed by atoms with van der Waals surface area (Å²) < 4.78 is 10.9. The van der Waals surface area contributed by atoms with Crippen molar-refractivity contribution in [2.75, 3.05) is 11.9 Å². The van der Waals surface area contributed by atoms with Gasteiger partial charge in [0.05, 0.1) is 6.61 Å². The first-order chi connectivity index (χ1) is 10.9. The summed E-state index contributed by atoms with van der Waals surface area (Å²) >= 11 is 0. The van der Waals surface area contributed by atoms with Crippen LogP contribution in [0.1, 0.15) is 49.7 Å². The minimum Gasteiger partial charge on any atom is -0.493 e. The molecule has 1 aromatic heterocycles. The number of nitrogens with one attached hydrogen (secondary N) is 1. The van der Waals surface area contributed by atoms with E-state index in [1.165, 1.54) is 12.8 Å². The van der Waals surface area contributed by atoms with Gasteiger partial charge >= 0.3 is 0 Å². The van der Waals surface area contributed by atoms with Gasteiger partial charge in [0.1, 0.15) is 11.5 Å². The van der Waals surface area contributed by atoms with Crippen LogP contribution in [0.3, 0.4) is 0 Å². The summed E-state index contributed by atoms with van der Waals surface area (Å²) in [4.78, 5) is 12.2. The molecule has 5 heteroatoms. The van der Waals surface area contributed by atoms with Crippen LogP contribution in [-0.4, -0.2) is 17.7 Å². The number of aromatic nitrogens is 1. The third-order valence-corrected chi connectivity index (χ3v) is 3.79. The highest BCUT2D eigenvalue weighted by atomic mass is 16.5. The first-order valence-corrected chi connectivity index (χ1v) is 7.93. The van der Waals surface area contributed by atoms with Crippen LogP contribution in [0.2, 0.25) is 0 Å². The van der Waals surface area contributed by atoms with Crippen molar-refractivity contribution in [3.05, 3.63) is 41.7 Å². The van der Waals surface area contributed by atoms with Gasteiger partial charge in [-0.05, 0) is 43.0 Å². The molecule has 2 aromatic rings. The number of carbonyl (C=O) groups is 1.